The lowest BCUT2D eigenvalue weighted by Gasteiger charge is -2.10. The maximum absolute atomic E-state index is 10.6. The first-order valence-electron chi connectivity index (χ1n) is 25.5. The highest BCUT2D eigenvalue weighted by Crippen LogP contribution is 2.23. The first-order valence-corrected chi connectivity index (χ1v) is 26.2. The first-order chi connectivity index (χ1) is 35.1. The molecule has 5 aromatic rings. The topological polar surface area (TPSA) is 117 Å². The molecule has 0 aromatic heterocycles. The molecule has 0 radical (unpaired) electrons. The summed E-state index contributed by atoms with van der Waals surface area (Å²) >= 11 is 6.83. The monoisotopic (exact) mass is 1050 g/mol. The quantitative estimate of drug-likeness (QED) is 0.0391. The molecule has 4 fully saturated rings. The Labute approximate surface area is 455 Å². The second kappa shape index (κ2) is 55.1. The van der Waals surface area contributed by atoms with E-state index in [1.165, 1.54) is 63.0 Å². The predicted molar refractivity (Wildman–Crippen MR) is 318 cm³/mol. The normalized spacial score (nSPS) is 12.7. The Morgan fingerprint density at radius 3 is 1.25 bits per heavy atom. The lowest BCUT2D eigenvalue weighted by molar-refractivity contribution is -0.158. The van der Waals surface area contributed by atoms with Crippen molar-refractivity contribution in [3.63, 3.8) is 0 Å². The van der Waals surface area contributed by atoms with Crippen molar-refractivity contribution in [3.05, 3.63) is 145 Å². The van der Waals surface area contributed by atoms with Gasteiger partial charge in [-0.25, -0.2) is 11.0 Å². The van der Waals surface area contributed by atoms with Crippen LogP contribution in [0.2, 0.25) is 0 Å². The summed E-state index contributed by atoms with van der Waals surface area (Å²) < 4.78 is 13.1. The summed E-state index contributed by atoms with van der Waals surface area (Å²) in [5, 5.41) is 2.21. The van der Waals surface area contributed by atoms with E-state index in [1.54, 1.807) is 25.9 Å². The number of methoxy groups -OCH3 is 1. The SMILES string of the molecule is C.CC.CC.CC.CC.CC(=O)N1CC1.CC(=O)N1CCCC1.CN1CC1.CN1CCCC1.COCc1ccccc1.Cc1ccccc1.SOONc1cccc2ccccc12.SOONc1ccccc1. The van der Waals surface area contributed by atoms with Gasteiger partial charge < -0.3 is 24.3 Å². The number of rotatable bonds is 8. The zero-order chi connectivity index (χ0) is 54.6. The van der Waals surface area contributed by atoms with Crippen molar-refractivity contribution >= 4 is 59.8 Å². The number of nitrogens with one attached hydrogen (secondary N) is 2. The second-order valence-corrected chi connectivity index (χ2v) is 15.3. The molecule has 0 aliphatic carbocycles. The molecule has 0 atom stereocenters. The highest BCUT2D eigenvalue weighted by atomic mass is 32.1. The van der Waals surface area contributed by atoms with Gasteiger partial charge in [0.05, 0.1) is 18.0 Å². The number of carbonyl (C=O) groups excluding carboxylic acids is 2. The fraction of sp³-hybridized carbons (Fsp3) is 0.483. The zero-order valence-corrected chi connectivity index (χ0v) is 48.2. The molecule has 0 unspecified atom stereocenters. The Bertz CT molecular complexity index is 1900. The fourth-order valence-corrected chi connectivity index (χ4v) is 5.67. The van der Waals surface area contributed by atoms with Crippen LogP contribution in [0.1, 0.15) is 113 Å². The van der Waals surface area contributed by atoms with Crippen LogP contribution in [-0.4, -0.2) is 105 Å². The number of benzene rings is 5. The van der Waals surface area contributed by atoms with E-state index in [9.17, 15) is 9.59 Å². The van der Waals surface area contributed by atoms with Gasteiger partial charge in [0.15, 0.2) is 0 Å². The van der Waals surface area contributed by atoms with E-state index in [4.69, 9.17) is 4.74 Å². The standard InChI is InChI=1S/C10H9NO2S.C8H10O.C7H8.C6H7NO2S.C6H11NO.C5H11N.C4H7NO.C3H7N.4C2H6.CH4/c14-13-12-11-10-7-3-5-8-4-1-2-6-9(8)10;1-9-7-8-5-3-2-4-6-8;1-7-5-3-2-4-6-7;10-9-8-7-6-4-2-1-3-5-6;1-6(8)7-4-2-3-5-7;1-6-4-2-3-5-6;1-4(6)5-2-3-5;1-4-2-3-4;4*1-2;/h1-7,11,14H;2-6H,7H2,1H3;2-6H,1H3;1-5,7,10H;2-5H2,1H3;2-5H2,1H3;2-3H2,1H3;2-3H2,1H3;4*1-2H3;1H4. The highest BCUT2D eigenvalue weighted by molar-refractivity contribution is 7.75. The summed E-state index contributed by atoms with van der Waals surface area (Å²) in [6.07, 6.45) is 5.21. The average molecular weight is 1060 g/mol. The zero-order valence-electron chi connectivity index (χ0n) is 46.4. The van der Waals surface area contributed by atoms with Gasteiger partial charge in [-0.05, 0) is 88.9 Å². The summed E-state index contributed by atoms with van der Waals surface area (Å²) in [7, 11) is 5.99. The maximum Gasteiger partial charge on any atom is 0.219 e. The third-order valence-electron chi connectivity index (χ3n) is 9.49. The van der Waals surface area contributed by atoms with Crippen LogP contribution in [0.15, 0.2) is 133 Å². The van der Waals surface area contributed by atoms with Crippen molar-refractivity contribution in [2.75, 3.05) is 84.5 Å². The number of para-hydroxylation sites is 1. The van der Waals surface area contributed by atoms with Crippen LogP contribution in [0, 0.1) is 6.92 Å². The maximum atomic E-state index is 10.6. The number of carbonyl (C=O) groups is 2. The number of fused-ring (bicyclic) bond motifs is 1. The fourth-order valence-electron chi connectivity index (χ4n) is 5.60. The van der Waals surface area contributed by atoms with Crippen LogP contribution >= 0.6 is 25.8 Å². The van der Waals surface area contributed by atoms with E-state index in [-0.39, 0.29) is 19.2 Å². The number of hydrogen-bond acceptors (Lipinski definition) is 13. The summed E-state index contributed by atoms with van der Waals surface area (Å²) in [5.41, 5.74) is 9.34. The van der Waals surface area contributed by atoms with Crippen molar-refractivity contribution in [2.24, 2.45) is 0 Å². The van der Waals surface area contributed by atoms with Crippen LogP contribution < -0.4 is 11.0 Å². The minimum absolute atomic E-state index is 0. The molecule has 5 aromatic carbocycles. The number of hydrogen-bond donors (Lipinski definition) is 4. The third-order valence-corrected chi connectivity index (χ3v) is 9.64. The molecular weight excluding hydrogens is 957 g/mol. The van der Waals surface area contributed by atoms with Crippen LogP contribution in [0.4, 0.5) is 11.4 Å². The summed E-state index contributed by atoms with van der Waals surface area (Å²) in [6, 6.07) is 43.6. The number of amides is 2. The number of likely N-dealkylation sites (N-methyl/N-ethyl adjacent to an activating group) is 1. The summed E-state index contributed by atoms with van der Waals surface area (Å²) in [4.78, 5) is 37.9. The van der Waals surface area contributed by atoms with Crippen molar-refractivity contribution in [3.8, 4) is 0 Å². The van der Waals surface area contributed by atoms with Crippen LogP contribution in [0.5, 0.6) is 0 Å². The van der Waals surface area contributed by atoms with Gasteiger partial charge in [0.1, 0.15) is 0 Å². The van der Waals surface area contributed by atoms with Gasteiger partial charge in [0.2, 0.25) is 11.8 Å². The molecule has 4 heterocycles. The van der Waals surface area contributed by atoms with E-state index in [2.05, 4.69) is 98.4 Å². The van der Waals surface area contributed by atoms with E-state index in [0.29, 0.717) is 6.61 Å². The molecule has 0 bridgehead atoms. The molecule has 73 heavy (non-hydrogen) atoms. The van der Waals surface area contributed by atoms with E-state index in [0.717, 1.165) is 48.3 Å². The minimum atomic E-state index is 0. The molecule has 0 saturated carbocycles. The van der Waals surface area contributed by atoms with Crippen molar-refractivity contribution < 1.29 is 33.0 Å². The predicted octanol–water partition coefficient (Wildman–Crippen LogP) is 14.5. The number of ether oxygens (including phenoxy) is 1. The lowest BCUT2D eigenvalue weighted by atomic mass is 10.1. The second-order valence-electron chi connectivity index (χ2n) is 15.0. The molecule has 2 amide bonds. The van der Waals surface area contributed by atoms with Gasteiger partial charge in [-0.2, -0.15) is 0 Å². The third kappa shape index (κ3) is 45.7. The van der Waals surface area contributed by atoms with Crippen molar-refractivity contribution in [1.29, 1.82) is 0 Å². The number of likely N-dealkylation sites (tertiary alicyclic amines) is 2. The molecule has 9 rings (SSSR count). The number of nitrogens with zero attached hydrogens (tertiary/aromatic N) is 4. The average Bonchev–Trinajstić information content (AvgIpc) is 4.33. The molecule has 13 nitrogen and oxygen atoms in total. The smallest absolute Gasteiger partial charge is 0.219 e. The number of thiol groups is 2. The minimum Gasteiger partial charge on any atom is -0.380 e. The molecule has 2 N–H and O–H groups in total. The highest BCUT2D eigenvalue weighted by Gasteiger charge is 2.19. The molecule has 0 spiro atoms. The Kier molecular flexibility index (Phi) is 56.5. The molecular formula is C58H98N6O7S2. The Morgan fingerprint density at radius 2 is 0.890 bits per heavy atom. The number of anilines is 2. The lowest BCUT2D eigenvalue weighted by Crippen LogP contribution is -2.24. The van der Waals surface area contributed by atoms with E-state index in [1.807, 2.05) is 182 Å². The summed E-state index contributed by atoms with van der Waals surface area (Å²) in [6.45, 7) is 31.2. The van der Waals surface area contributed by atoms with Gasteiger partial charge in [0.25, 0.3) is 0 Å². The van der Waals surface area contributed by atoms with Crippen LogP contribution in [0.3, 0.4) is 0 Å². The van der Waals surface area contributed by atoms with Crippen molar-refractivity contribution in [2.45, 2.75) is 116 Å². The Morgan fingerprint density at radius 1 is 0.507 bits per heavy atom. The number of aryl methyl sites for hydroxylation is 1. The van der Waals surface area contributed by atoms with Crippen LogP contribution in [-0.2, 0) is 39.6 Å². The van der Waals surface area contributed by atoms with E-state index >= 15 is 0 Å². The molecule has 4 aliphatic rings. The summed E-state index contributed by atoms with van der Waals surface area (Å²) in [5.74, 6) is 0.428. The van der Waals surface area contributed by atoms with Gasteiger partial charge in [-0.3, -0.25) is 9.59 Å². The van der Waals surface area contributed by atoms with Gasteiger partial charge >= 0.3 is 0 Å². The molecule has 4 aliphatic heterocycles. The van der Waals surface area contributed by atoms with Gasteiger partial charge in [0, 0.05) is 91.4 Å². The van der Waals surface area contributed by atoms with Crippen molar-refractivity contribution in [1.82, 2.24) is 19.6 Å². The van der Waals surface area contributed by atoms with Crippen LogP contribution in [0.25, 0.3) is 10.8 Å². The molecule has 15 heteroatoms. The Hall–Kier alpha value is -4.68. The first kappa shape index (κ1) is 74.8. The Balaban J connectivity index is -0.000000371. The largest absolute Gasteiger partial charge is 0.380 e. The van der Waals surface area contributed by atoms with E-state index < -0.39 is 0 Å². The molecule has 414 valence electrons. The molecule has 4 saturated heterocycles. The van der Waals surface area contributed by atoms with Gasteiger partial charge in [-0.1, -0.05) is 184 Å². The van der Waals surface area contributed by atoms with Gasteiger partial charge in [-0.15, -0.1) is 18.6 Å².